The highest BCUT2D eigenvalue weighted by Crippen LogP contribution is 2.07. The normalized spacial score (nSPS) is 10.8. The van der Waals surface area contributed by atoms with E-state index in [1.54, 1.807) is 6.07 Å². The SMILES string of the molecule is CCCN(CC)Cc1cc(C(=O)NN)no1. The summed E-state index contributed by atoms with van der Waals surface area (Å²) in [5.41, 5.74) is 2.23. The van der Waals surface area contributed by atoms with Crippen LogP contribution in [-0.4, -0.2) is 29.1 Å². The topological polar surface area (TPSA) is 84.4 Å². The average molecular weight is 226 g/mol. The van der Waals surface area contributed by atoms with E-state index in [0.717, 1.165) is 19.5 Å². The lowest BCUT2D eigenvalue weighted by atomic mass is 10.3. The molecule has 0 spiro atoms. The summed E-state index contributed by atoms with van der Waals surface area (Å²) in [7, 11) is 0. The number of carbonyl (C=O) groups is 1. The molecular formula is C10H18N4O2. The first-order valence-corrected chi connectivity index (χ1v) is 5.40. The highest BCUT2D eigenvalue weighted by atomic mass is 16.5. The fourth-order valence-corrected chi connectivity index (χ4v) is 1.45. The van der Waals surface area contributed by atoms with Gasteiger partial charge in [-0.3, -0.25) is 15.1 Å². The first-order valence-electron chi connectivity index (χ1n) is 5.40. The number of amides is 1. The van der Waals surface area contributed by atoms with Crippen LogP contribution in [0.15, 0.2) is 10.6 Å². The number of nitrogen functional groups attached to an aromatic ring is 1. The number of carbonyl (C=O) groups excluding carboxylic acids is 1. The summed E-state index contributed by atoms with van der Waals surface area (Å²) in [6.45, 7) is 6.80. The van der Waals surface area contributed by atoms with Crippen molar-refractivity contribution >= 4 is 5.91 Å². The quantitative estimate of drug-likeness (QED) is 0.419. The first kappa shape index (κ1) is 12.7. The van der Waals surface area contributed by atoms with Crippen LogP contribution in [-0.2, 0) is 6.54 Å². The minimum Gasteiger partial charge on any atom is -0.359 e. The summed E-state index contributed by atoms with van der Waals surface area (Å²) < 4.78 is 5.06. The molecule has 0 bridgehead atoms. The molecule has 1 aromatic rings. The van der Waals surface area contributed by atoms with E-state index >= 15 is 0 Å². The number of aromatic nitrogens is 1. The highest BCUT2D eigenvalue weighted by molar-refractivity contribution is 5.91. The van der Waals surface area contributed by atoms with Crippen LogP contribution in [0.5, 0.6) is 0 Å². The number of hydrazine groups is 1. The average Bonchev–Trinajstić information content (AvgIpc) is 2.76. The Bertz CT molecular complexity index is 337. The zero-order valence-electron chi connectivity index (χ0n) is 9.69. The van der Waals surface area contributed by atoms with Crippen molar-refractivity contribution in [2.24, 2.45) is 5.84 Å². The van der Waals surface area contributed by atoms with Gasteiger partial charge in [-0.05, 0) is 19.5 Å². The van der Waals surface area contributed by atoms with E-state index in [9.17, 15) is 4.79 Å². The van der Waals surface area contributed by atoms with E-state index in [1.807, 2.05) is 5.43 Å². The van der Waals surface area contributed by atoms with Gasteiger partial charge in [0.25, 0.3) is 5.91 Å². The van der Waals surface area contributed by atoms with Crippen molar-refractivity contribution in [1.82, 2.24) is 15.5 Å². The van der Waals surface area contributed by atoms with Crippen LogP contribution in [0, 0.1) is 0 Å². The molecule has 0 aliphatic carbocycles. The zero-order valence-corrected chi connectivity index (χ0v) is 9.69. The van der Waals surface area contributed by atoms with Crippen LogP contribution < -0.4 is 11.3 Å². The summed E-state index contributed by atoms with van der Waals surface area (Å²) in [5.74, 6) is 5.24. The van der Waals surface area contributed by atoms with Crippen molar-refractivity contribution in [1.29, 1.82) is 0 Å². The molecule has 0 saturated carbocycles. The minimum atomic E-state index is -0.437. The van der Waals surface area contributed by atoms with Gasteiger partial charge in [-0.2, -0.15) is 0 Å². The molecule has 6 nitrogen and oxygen atoms in total. The Morgan fingerprint density at radius 2 is 2.38 bits per heavy atom. The minimum absolute atomic E-state index is 0.213. The fourth-order valence-electron chi connectivity index (χ4n) is 1.45. The van der Waals surface area contributed by atoms with Crippen molar-refractivity contribution in [2.45, 2.75) is 26.8 Å². The molecule has 1 aromatic heterocycles. The lowest BCUT2D eigenvalue weighted by molar-refractivity contribution is 0.0944. The number of hydrogen-bond donors (Lipinski definition) is 2. The Morgan fingerprint density at radius 3 is 2.94 bits per heavy atom. The van der Waals surface area contributed by atoms with Gasteiger partial charge < -0.3 is 4.52 Å². The molecule has 0 unspecified atom stereocenters. The van der Waals surface area contributed by atoms with E-state index in [2.05, 4.69) is 23.9 Å². The van der Waals surface area contributed by atoms with Gasteiger partial charge in [0, 0.05) is 6.07 Å². The van der Waals surface area contributed by atoms with Crippen LogP contribution in [0.2, 0.25) is 0 Å². The van der Waals surface area contributed by atoms with E-state index in [1.165, 1.54) is 0 Å². The predicted octanol–water partition coefficient (Wildman–Crippen LogP) is 0.510. The van der Waals surface area contributed by atoms with Gasteiger partial charge in [-0.15, -0.1) is 0 Å². The van der Waals surface area contributed by atoms with E-state index in [0.29, 0.717) is 12.3 Å². The molecule has 90 valence electrons. The van der Waals surface area contributed by atoms with Crippen LogP contribution in [0.4, 0.5) is 0 Å². The van der Waals surface area contributed by atoms with Gasteiger partial charge in [0.1, 0.15) is 0 Å². The Labute approximate surface area is 94.7 Å². The molecule has 0 aromatic carbocycles. The third-order valence-electron chi connectivity index (χ3n) is 2.29. The second-order valence-electron chi connectivity index (χ2n) is 3.52. The van der Waals surface area contributed by atoms with Crippen molar-refractivity contribution in [2.75, 3.05) is 13.1 Å². The standard InChI is InChI=1S/C10H18N4O2/c1-3-5-14(4-2)7-8-6-9(13-16-8)10(15)12-11/h6H,3-5,7,11H2,1-2H3,(H,12,15). The molecule has 1 rings (SSSR count). The number of rotatable bonds is 6. The molecule has 16 heavy (non-hydrogen) atoms. The van der Waals surface area contributed by atoms with Gasteiger partial charge in [0.2, 0.25) is 0 Å². The smallest absolute Gasteiger partial charge is 0.287 e. The Balaban J connectivity index is 2.60. The Kier molecular flexibility index (Phi) is 4.94. The maximum Gasteiger partial charge on any atom is 0.287 e. The molecule has 0 aliphatic rings. The molecule has 0 atom stereocenters. The van der Waals surface area contributed by atoms with E-state index in [4.69, 9.17) is 10.4 Å². The summed E-state index contributed by atoms with van der Waals surface area (Å²) in [5, 5.41) is 3.64. The van der Waals surface area contributed by atoms with Gasteiger partial charge in [-0.1, -0.05) is 19.0 Å². The fraction of sp³-hybridized carbons (Fsp3) is 0.600. The van der Waals surface area contributed by atoms with Crippen LogP contribution in [0.3, 0.4) is 0 Å². The first-order chi connectivity index (χ1) is 7.71. The van der Waals surface area contributed by atoms with Crippen molar-refractivity contribution in [3.8, 4) is 0 Å². The maximum absolute atomic E-state index is 11.1. The number of nitrogens with two attached hydrogens (primary N) is 1. The third-order valence-corrected chi connectivity index (χ3v) is 2.29. The molecule has 0 aliphatic heterocycles. The third kappa shape index (κ3) is 3.32. The van der Waals surface area contributed by atoms with Crippen LogP contribution in [0.25, 0.3) is 0 Å². The molecule has 6 heteroatoms. The monoisotopic (exact) mass is 226 g/mol. The zero-order chi connectivity index (χ0) is 12.0. The van der Waals surface area contributed by atoms with Gasteiger partial charge >= 0.3 is 0 Å². The maximum atomic E-state index is 11.1. The molecule has 0 fully saturated rings. The number of hydrogen-bond acceptors (Lipinski definition) is 5. The summed E-state index contributed by atoms with van der Waals surface area (Å²) in [6, 6.07) is 1.61. The van der Waals surface area contributed by atoms with Gasteiger partial charge in [0.15, 0.2) is 11.5 Å². The molecule has 0 radical (unpaired) electrons. The van der Waals surface area contributed by atoms with Crippen molar-refractivity contribution < 1.29 is 9.32 Å². The predicted molar refractivity (Wildman–Crippen MR) is 59.4 cm³/mol. The van der Waals surface area contributed by atoms with Crippen molar-refractivity contribution in [3.05, 3.63) is 17.5 Å². The highest BCUT2D eigenvalue weighted by Gasteiger charge is 2.12. The molecule has 1 heterocycles. The Morgan fingerprint density at radius 1 is 1.62 bits per heavy atom. The van der Waals surface area contributed by atoms with E-state index in [-0.39, 0.29) is 5.69 Å². The summed E-state index contributed by atoms with van der Waals surface area (Å²) >= 11 is 0. The van der Waals surface area contributed by atoms with Crippen molar-refractivity contribution in [3.63, 3.8) is 0 Å². The second kappa shape index (κ2) is 6.24. The second-order valence-corrected chi connectivity index (χ2v) is 3.52. The Hall–Kier alpha value is -1.40. The number of nitrogens with one attached hydrogen (secondary N) is 1. The molecular weight excluding hydrogens is 208 g/mol. The number of nitrogens with zero attached hydrogens (tertiary/aromatic N) is 2. The van der Waals surface area contributed by atoms with Gasteiger partial charge in [0.05, 0.1) is 6.54 Å². The van der Waals surface area contributed by atoms with Crippen LogP contribution >= 0.6 is 0 Å². The lowest BCUT2D eigenvalue weighted by Crippen LogP contribution is -2.30. The molecule has 0 saturated heterocycles. The summed E-state index contributed by atoms with van der Waals surface area (Å²) in [6.07, 6.45) is 1.08. The van der Waals surface area contributed by atoms with E-state index < -0.39 is 5.91 Å². The summed E-state index contributed by atoms with van der Waals surface area (Å²) in [4.78, 5) is 13.3. The van der Waals surface area contributed by atoms with Gasteiger partial charge in [-0.25, -0.2) is 5.84 Å². The molecule has 1 amide bonds. The largest absolute Gasteiger partial charge is 0.359 e. The lowest BCUT2D eigenvalue weighted by Gasteiger charge is -2.16. The van der Waals surface area contributed by atoms with Crippen LogP contribution in [0.1, 0.15) is 36.5 Å². The molecule has 3 N–H and O–H groups in total.